The zero-order valence-corrected chi connectivity index (χ0v) is 46.9. The minimum atomic E-state index is -1.54. The first kappa shape index (κ1) is 66.5. The lowest BCUT2D eigenvalue weighted by Gasteiger charge is -2.28. The number of carbonyl (C=O) groups excluding carboxylic acids is 9. The van der Waals surface area contributed by atoms with Gasteiger partial charge in [0.15, 0.2) is 0 Å². The maximum absolute atomic E-state index is 14.6. The highest BCUT2D eigenvalue weighted by Crippen LogP contribution is 2.20. The number of aromatic nitrogens is 1. The number of H-pyrrole nitrogens is 1. The number of para-hydroxylation sites is 1. The van der Waals surface area contributed by atoms with Gasteiger partial charge < -0.3 is 80.9 Å². The Bertz CT molecular complexity index is 2530. The van der Waals surface area contributed by atoms with Crippen LogP contribution in [0.1, 0.15) is 115 Å². The van der Waals surface area contributed by atoms with E-state index in [1.807, 2.05) is 18.2 Å². The number of benzene rings is 2. The molecule has 2 heterocycles. The normalized spacial score (nSPS) is 22.0. The molecule has 1 aliphatic heterocycles. The summed E-state index contributed by atoms with van der Waals surface area (Å²) in [7, 11) is 0. The Morgan fingerprint density at radius 2 is 1.17 bits per heavy atom. The molecular weight excluding hydrogens is 1050 g/mol. The van der Waals surface area contributed by atoms with Crippen molar-refractivity contribution in [3.8, 4) is 0 Å². The van der Waals surface area contributed by atoms with Crippen molar-refractivity contribution in [1.82, 2.24) is 52.8 Å². The number of hydrogen-bond donors (Lipinski definition) is 15. The quantitative estimate of drug-likeness (QED) is 0.0455. The molecule has 19 N–H and O–H groups in total. The Hall–Kier alpha value is -7.06. The van der Waals surface area contributed by atoms with Crippen LogP contribution in [0.3, 0.4) is 0 Å². The molecule has 24 nitrogen and oxygen atoms in total. The van der Waals surface area contributed by atoms with Gasteiger partial charge in [-0.05, 0) is 106 Å². The third kappa shape index (κ3) is 22.4. The van der Waals surface area contributed by atoms with Crippen molar-refractivity contribution in [2.75, 3.05) is 32.7 Å². The number of nitrogens with two attached hydrogens (primary N) is 4. The van der Waals surface area contributed by atoms with Crippen LogP contribution in [-0.2, 0) is 56.0 Å². The minimum absolute atomic E-state index is 0.0414. The van der Waals surface area contributed by atoms with Crippen LogP contribution < -0.4 is 70.8 Å². The summed E-state index contributed by atoms with van der Waals surface area (Å²) in [5.41, 5.74) is 25.6. The van der Waals surface area contributed by atoms with Gasteiger partial charge in [-0.2, -0.15) is 0 Å². The third-order valence-electron chi connectivity index (χ3n) is 13.9. The van der Waals surface area contributed by atoms with Crippen molar-refractivity contribution in [2.45, 2.75) is 172 Å². The number of hydrogen-bond acceptors (Lipinski definition) is 14. The number of carbonyl (C=O) groups is 9. The van der Waals surface area contributed by atoms with E-state index in [4.69, 9.17) is 22.9 Å². The maximum atomic E-state index is 14.6. The summed E-state index contributed by atoms with van der Waals surface area (Å²) in [5, 5.41) is 35.5. The Morgan fingerprint density at radius 1 is 0.642 bits per heavy atom. The first-order chi connectivity index (χ1) is 38.8. The van der Waals surface area contributed by atoms with E-state index in [1.54, 1.807) is 26.1 Å². The predicted molar refractivity (Wildman–Crippen MR) is 303 cm³/mol. The average molecular weight is 1140 g/mol. The average Bonchev–Trinajstić information content (AvgIpc) is 3.90. The molecule has 0 saturated carbocycles. The summed E-state index contributed by atoms with van der Waals surface area (Å²) >= 11 is 0. The van der Waals surface area contributed by atoms with Crippen LogP contribution in [0.15, 0.2) is 54.7 Å². The molecule has 0 unspecified atom stereocenters. The Balaban J connectivity index is 1.78. The number of aliphatic hydroxyl groups excluding tert-OH is 1. The molecule has 1 saturated heterocycles. The highest BCUT2D eigenvalue weighted by Gasteiger charge is 2.36. The lowest BCUT2D eigenvalue weighted by atomic mass is 10.00. The van der Waals surface area contributed by atoms with Gasteiger partial charge in [-0.1, -0.05) is 83.2 Å². The fourth-order valence-electron chi connectivity index (χ4n) is 9.43. The van der Waals surface area contributed by atoms with Crippen molar-refractivity contribution in [1.29, 1.82) is 0 Å². The predicted octanol–water partition coefficient (Wildman–Crippen LogP) is -0.957. The van der Waals surface area contributed by atoms with E-state index in [0.717, 1.165) is 48.7 Å². The van der Waals surface area contributed by atoms with Crippen LogP contribution in [0.2, 0.25) is 0 Å². The molecule has 81 heavy (non-hydrogen) atoms. The van der Waals surface area contributed by atoms with Crippen LogP contribution in [-0.4, -0.2) is 150 Å². The first-order valence-corrected chi connectivity index (χ1v) is 28.3. The van der Waals surface area contributed by atoms with Crippen LogP contribution in [0.25, 0.3) is 10.9 Å². The Kier molecular flexibility index (Phi) is 28.7. The molecule has 1 aliphatic rings. The van der Waals surface area contributed by atoms with Gasteiger partial charge in [0.05, 0.1) is 12.5 Å². The zero-order chi connectivity index (χ0) is 59.4. The number of amides is 9. The van der Waals surface area contributed by atoms with Crippen molar-refractivity contribution in [3.63, 3.8) is 0 Å². The minimum Gasteiger partial charge on any atom is -0.393 e. The van der Waals surface area contributed by atoms with Gasteiger partial charge >= 0.3 is 0 Å². The molecule has 0 radical (unpaired) electrons. The molecule has 9 atom stereocenters. The second kappa shape index (κ2) is 34.9. The summed E-state index contributed by atoms with van der Waals surface area (Å²) < 4.78 is 14.1. The number of fused-ring (bicyclic) bond motifs is 1. The topological polar surface area (TPSA) is 402 Å². The van der Waals surface area contributed by atoms with Gasteiger partial charge in [0.25, 0.3) is 0 Å². The summed E-state index contributed by atoms with van der Waals surface area (Å²) in [6.07, 6.45) is 4.36. The smallest absolute Gasteiger partial charge is 0.243 e. The number of halogens is 1. The second-order valence-electron chi connectivity index (χ2n) is 21.0. The van der Waals surface area contributed by atoms with E-state index in [0.29, 0.717) is 24.0 Å². The second-order valence-corrected chi connectivity index (χ2v) is 21.0. The van der Waals surface area contributed by atoms with Crippen LogP contribution in [0, 0.1) is 11.7 Å². The van der Waals surface area contributed by atoms with Crippen molar-refractivity contribution in [2.24, 2.45) is 28.9 Å². The molecule has 1 fully saturated rings. The molecule has 4 rings (SSSR count). The summed E-state index contributed by atoms with van der Waals surface area (Å²) in [6.45, 7) is 4.91. The first-order valence-electron chi connectivity index (χ1n) is 28.3. The monoisotopic (exact) mass is 1130 g/mol. The van der Waals surface area contributed by atoms with E-state index in [2.05, 4.69) is 59.8 Å². The van der Waals surface area contributed by atoms with Gasteiger partial charge in [0.2, 0.25) is 53.2 Å². The zero-order valence-electron chi connectivity index (χ0n) is 46.9. The Morgan fingerprint density at radius 3 is 1.75 bits per heavy atom. The standard InChI is InChI=1S/C56H87FN14O10/c1-4-5-6-7-8-11-37(72)31-48(73)64-40(18-23-58)50(75)68-44-22-27-62-49(74)47(30-35-32-63-39-13-10-9-12-38(35)39)71-53(78)43(21-26-61)65-51(76)41(19-24-59)67-55(80)45(28-33(2)3)69-56(81)46(29-34-14-16-36(57)17-15-34)70-52(77)42(20-25-60)66-54(44)79/h9-10,12-17,32-33,37,40-47,63,72H,4-8,11,18-31,58-61H2,1-3H3,(H,62,74)(H,64,73)(H,65,76)(H,66,79)(H,67,80)(H,68,75)(H,69,81)(H,70,77)(H,71,78)/t37-,40-,41+,42+,43+,44+,45+,46-,47+/m1/s1. The van der Waals surface area contributed by atoms with Crippen molar-refractivity contribution < 1.29 is 52.6 Å². The van der Waals surface area contributed by atoms with Crippen LogP contribution in [0.4, 0.5) is 4.39 Å². The van der Waals surface area contributed by atoms with Crippen LogP contribution in [0.5, 0.6) is 0 Å². The molecule has 0 bridgehead atoms. The van der Waals surface area contributed by atoms with Crippen LogP contribution >= 0.6 is 0 Å². The SMILES string of the molecule is CCCCCCC[C@@H](O)CC(=O)N[C@H](CCN)C(=O)N[C@H]1CCNC(=O)[C@H](Cc2c[nH]c3ccccc23)NC(=O)[C@H](CCN)NC(=O)[C@H](CCN)NC(=O)[C@H](CC(C)C)NC(=O)[C@@H](Cc2ccc(F)cc2)NC(=O)[C@H](CCN)NC1=O. The fraction of sp³-hybridized carbons (Fsp3) is 0.589. The Labute approximate surface area is 472 Å². The summed E-state index contributed by atoms with van der Waals surface area (Å²) in [5.74, 6) is -8.14. The lowest BCUT2D eigenvalue weighted by Crippen LogP contribution is -2.61. The molecule has 9 amide bonds. The molecular formula is C56H87FN14O10. The largest absolute Gasteiger partial charge is 0.393 e. The number of unbranched alkanes of at least 4 members (excludes halogenated alkanes) is 4. The molecule has 3 aromatic rings. The molecule has 448 valence electrons. The number of aliphatic hydroxyl groups is 1. The van der Waals surface area contributed by atoms with Gasteiger partial charge in [-0.25, -0.2) is 4.39 Å². The molecule has 0 spiro atoms. The lowest BCUT2D eigenvalue weighted by molar-refractivity contribution is -0.136. The van der Waals surface area contributed by atoms with Gasteiger partial charge in [-0.15, -0.1) is 0 Å². The van der Waals surface area contributed by atoms with E-state index >= 15 is 0 Å². The van der Waals surface area contributed by atoms with Gasteiger partial charge in [0.1, 0.15) is 54.2 Å². The van der Waals surface area contributed by atoms with Crippen molar-refractivity contribution in [3.05, 3.63) is 71.7 Å². The summed E-state index contributed by atoms with van der Waals surface area (Å²) in [4.78, 5) is 131. The molecule has 25 heteroatoms. The third-order valence-corrected chi connectivity index (χ3v) is 13.9. The van der Waals surface area contributed by atoms with E-state index in [-0.39, 0.29) is 96.4 Å². The summed E-state index contributed by atoms with van der Waals surface area (Å²) in [6, 6.07) is 1.33. The molecule has 1 aromatic heterocycles. The number of nitrogens with one attached hydrogen (secondary N) is 10. The van der Waals surface area contributed by atoms with Gasteiger partial charge in [0, 0.05) is 36.5 Å². The maximum Gasteiger partial charge on any atom is 0.243 e. The van der Waals surface area contributed by atoms with Gasteiger partial charge in [-0.3, -0.25) is 43.2 Å². The highest BCUT2D eigenvalue weighted by molar-refractivity contribution is 5.98. The van der Waals surface area contributed by atoms with Crippen molar-refractivity contribution >= 4 is 64.1 Å². The molecule has 2 aromatic carbocycles. The van der Waals surface area contributed by atoms with E-state index < -0.39 is 113 Å². The number of rotatable bonds is 25. The highest BCUT2D eigenvalue weighted by atomic mass is 19.1. The van der Waals surface area contributed by atoms with E-state index in [1.165, 1.54) is 12.1 Å². The number of aromatic amines is 1. The fourth-order valence-corrected chi connectivity index (χ4v) is 9.43. The van der Waals surface area contributed by atoms with E-state index in [9.17, 15) is 52.6 Å². The molecule has 0 aliphatic carbocycles.